The van der Waals surface area contributed by atoms with Gasteiger partial charge in [0.15, 0.2) is 0 Å². The standard InChI is InChI=1S/C15H25N3O2/c1-5-13(10-20-4)17-15(19)18-14-8-6-7-12(9-14)11(2)16-3/h6-9,11,13,16H,5,10H2,1-4H3,(H2,17,18,19). The number of methoxy groups -OCH3 is 1. The number of anilines is 1. The van der Waals surface area contributed by atoms with Gasteiger partial charge in [-0.05, 0) is 38.1 Å². The Morgan fingerprint density at radius 3 is 2.75 bits per heavy atom. The van der Waals surface area contributed by atoms with Crippen LogP contribution >= 0.6 is 0 Å². The summed E-state index contributed by atoms with van der Waals surface area (Å²) >= 11 is 0. The van der Waals surface area contributed by atoms with E-state index in [0.717, 1.165) is 17.7 Å². The van der Waals surface area contributed by atoms with Crippen LogP contribution in [0, 0.1) is 0 Å². The minimum absolute atomic E-state index is 0.0272. The molecule has 0 radical (unpaired) electrons. The molecule has 0 bridgehead atoms. The van der Waals surface area contributed by atoms with Crippen molar-refractivity contribution in [1.82, 2.24) is 10.6 Å². The van der Waals surface area contributed by atoms with E-state index < -0.39 is 0 Å². The average molecular weight is 279 g/mol. The van der Waals surface area contributed by atoms with E-state index in [4.69, 9.17) is 4.74 Å². The maximum atomic E-state index is 11.9. The summed E-state index contributed by atoms with van der Waals surface area (Å²) in [7, 11) is 3.54. The van der Waals surface area contributed by atoms with Crippen LogP contribution < -0.4 is 16.0 Å². The number of hydrogen-bond acceptors (Lipinski definition) is 3. The summed E-state index contributed by atoms with van der Waals surface area (Å²) in [6, 6.07) is 7.88. The fraction of sp³-hybridized carbons (Fsp3) is 0.533. The summed E-state index contributed by atoms with van der Waals surface area (Å²) in [6.07, 6.45) is 0.831. The third kappa shape index (κ3) is 5.19. The molecule has 0 aliphatic rings. The summed E-state index contributed by atoms with van der Waals surface area (Å²) in [4.78, 5) is 11.9. The van der Waals surface area contributed by atoms with Gasteiger partial charge in [-0.15, -0.1) is 0 Å². The zero-order chi connectivity index (χ0) is 15.0. The van der Waals surface area contributed by atoms with Crippen LogP contribution in [0.2, 0.25) is 0 Å². The number of carbonyl (C=O) groups excluding carboxylic acids is 1. The van der Waals surface area contributed by atoms with Gasteiger partial charge in [-0.25, -0.2) is 4.79 Å². The molecule has 2 amide bonds. The molecule has 0 saturated heterocycles. The molecule has 0 aromatic heterocycles. The van der Waals surface area contributed by atoms with E-state index in [0.29, 0.717) is 6.61 Å². The molecule has 1 rings (SSSR count). The van der Waals surface area contributed by atoms with Crippen LogP contribution in [0.5, 0.6) is 0 Å². The summed E-state index contributed by atoms with van der Waals surface area (Å²) in [5, 5.41) is 8.91. The minimum atomic E-state index is -0.205. The van der Waals surface area contributed by atoms with Crippen molar-refractivity contribution in [1.29, 1.82) is 0 Å². The van der Waals surface area contributed by atoms with Gasteiger partial charge in [-0.1, -0.05) is 19.1 Å². The molecule has 5 nitrogen and oxygen atoms in total. The van der Waals surface area contributed by atoms with Gasteiger partial charge < -0.3 is 20.7 Å². The predicted octanol–water partition coefficient (Wildman–Crippen LogP) is 2.51. The first-order chi connectivity index (χ1) is 9.60. The van der Waals surface area contributed by atoms with E-state index in [2.05, 4.69) is 22.9 Å². The van der Waals surface area contributed by atoms with Crippen molar-refractivity contribution in [2.45, 2.75) is 32.4 Å². The zero-order valence-corrected chi connectivity index (χ0v) is 12.7. The lowest BCUT2D eigenvalue weighted by Gasteiger charge is -2.17. The maximum absolute atomic E-state index is 11.9. The van der Waals surface area contributed by atoms with Crippen LogP contribution in [0.1, 0.15) is 31.9 Å². The molecule has 5 heteroatoms. The van der Waals surface area contributed by atoms with E-state index in [1.165, 1.54) is 0 Å². The largest absolute Gasteiger partial charge is 0.383 e. The van der Waals surface area contributed by atoms with Crippen LogP contribution in [0.4, 0.5) is 10.5 Å². The Labute approximate surface area is 121 Å². The molecule has 112 valence electrons. The maximum Gasteiger partial charge on any atom is 0.319 e. The van der Waals surface area contributed by atoms with Crippen molar-refractivity contribution in [3.05, 3.63) is 29.8 Å². The Morgan fingerprint density at radius 1 is 1.40 bits per heavy atom. The highest BCUT2D eigenvalue weighted by atomic mass is 16.5. The molecule has 2 unspecified atom stereocenters. The third-order valence-electron chi connectivity index (χ3n) is 3.27. The second kappa shape index (κ2) is 8.55. The van der Waals surface area contributed by atoms with E-state index >= 15 is 0 Å². The number of rotatable bonds is 7. The third-order valence-corrected chi connectivity index (χ3v) is 3.27. The lowest BCUT2D eigenvalue weighted by Crippen LogP contribution is -2.40. The van der Waals surface area contributed by atoms with E-state index in [9.17, 15) is 4.79 Å². The number of carbonyl (C=O) groups is 1. The van der Waals surface area contributed by atoms with Crippen molar-refractivity contribution >= 4 is 11.7 Å². The number of hydrogen-bond donors (Lipinski definition) is 3. The first kappa shape index (κ1) is 16.5. The van der Waals surface area contributed by atoms with Gasteiger partial charge in [0.1, 0.15) is 0 Å². The monoisotopic (exact) mass is 279 g/mol. The molecule has 1 aromatic rings. The minimum Gasteiger partial charge on any atom is -0.383 e. The Morgan fingerprint density at radius 2 is 2.15 bits per heavy atom. The van der Waals surface area contributed by atoms with Crippen molar-refractivity contribution in [2.75, 3.05) is 26.1 Å². The van der Waals surface area contributed by atoms with E-state index in [1.807, 2.05) is 38.2 Å². The molecule has 0 aliphatic heterocycles. The summed E-state index contributed by atoms with van der Waals surface area (Å²) < 4.78 is 5.06. The fourth-order valence-electron chi connectivity index (χ4n) is 1.87. The number of urea groups is 1. The molecule has 20 heavy (non-hydrogen) atoms. The first-order valence-electron chi connectivity index (χ1n) is 6.94. The Bertz CT molecular complexity index is 423. The Kier molecular flexibility index (Phi) is 7.04. The Hall–Kier alpha value is -1.59. The topological polar surface area (TPSA) is 62.4 Å². The highest BCUT2D eigenvalue weighted by Crippen LogP contribution is 2.16. The molecule has 1 aromatic carbocycles. The van der Waals surface area contributed by atoms with E-state index in [1.54, 1.807) is 7.11 Å². The van der Waals surface area contributed by atoms with Gasteiger partial charge in [0.2, 0.25) is 0 Å². The van der Waals surface area contributed by atoms with Gasteiger partial charge in [0, 0.05) is 18.8 Å². The van der Waals surface area contributed by atoms with Crippen LogP contribution in [0.3, 0.4) is 0 Å². The van der Waals surface area contributed by atoms with Gasteiger partial charge in [0.25, 0.3) is 0 Å². The van der Waals surface area contributed by atoms with Gasteiger partial charge >= 0.3 is 6.03 Å². The van der Waals surface area contributed by atoms with Crippen LogP contribution in [0.25, 0.3) is 0 Å². The van der Waals surface area contributed by atoms with Crippen molar-refractivity contribution in [2.24, 2.45) is 0 Å². The van der Waals surface area contributed by atoms with Crippen molar-refractivity contribution < 1.29 is 9.53 Å². The van der Waals surface area contributed by atoms with Crippen molar-refractivity contribution in [3.63, 3.8) is 0 Å². The number of nitrogens with one attached hydrogen (secondary N) is 3. The highest BCUT2D eigenvalue weighted by molar-refractivity contribution is 5.89. The van der Waals surface area contributed by atoms with Crippen LogP contribution in [-0.2, 0) is 4.74 Å². The molecular weight excluding hydrogens is 254 g/mol. The molecule has 2 atom stereocenters. The molecule has 0 spiro atoms. The van der Waals surface area contributed by atoms with Gasteiger partial charge in [-0.3, -0.25) is 0 Å². The summed E-state index contributed by atoms with van der Waals surface area (Å²) in [5.74, 6) is 0. The van der Waals surface area contributed by atoms with Crippen LogP contribution in [-0.4, -0.2) is 32.8 Å². The summed E-state index contributed by atoms with van der Waals surface area (Å²) in [6.45, 7) is 4.60. The van der Waals surface area contributed by atoms with Crippen molar-refractivity contribution in [3.8, 4) is 0 Å². The highest BCUT2D eigenvalue weighted by Gasteiger charge is 2.10. The average Bonchev–Trinajstić information content (AvgIpc) is 2.46. The SMILES string of the molecule is CCC(COC)NC(=O)Nc1cccc(C(C)NC)c1. The van der Waals surface area contributed by atoms with Gasteiger partial charge in [-0.2, -0.15) is 0 Å². The predicted molar refractivity (Wildman–Crippen MR) is 82.0 cm³/mol. The normalized spacial score (nSPS) is 13.6. The second-order valence-electron chi connectivity index (χ2n) is 4.79. The number of ether oxygens (including phenoxy) is 1. The smallest absolute Gasteiger partial charge is 0.319 e. The molecule has 0 fully saturated rings. The molecule has 0 heterocycles. The van der Waals surface area contributed by atoms with Gasteiger partial charge in [0.05, 0.1) is 12.6 Å². The zero-order valence-electron chi connectivity index (χ0n) is 12.7. The number of amides is 2. The van der Waals surface area contributed by atoms with E-state index in [-0.39, 0.29) is 18.1 Å². The second-order valence-corrected chi connectivity index (χ2v) is 4.79. The lowest BCUT2D eigenvalue weighted by atomic mass is 10.1. The first-order valence-corrected chi connectivity index (χ1v) is 6.94. The van der Waals surface area contributed by atoms with Crippen LogP contribution in [0.15, 0.2) is 24.3 Å². The molecule has 0 aliphatic carbocycles. The Balaban J connectivity index is 2.61. The molecule has 0 saturated carbocycles. The summed E-state index contributed by atoms with van der Waals surface area (Å²) in [5.41, 5.74) is 1.92. The number of benzene rings is 1. The molecule has 3 N–H and O–H groups in total. The fourth-order valence-corrected chi connectivity index (χ4v) is 1.87. The lowest BCUT2D eigenvalue weighted by molar-refractivity contribution is 0.165. The quantitative estimate of drug-likeness (QED) is 0.718. The molecular formula is C15H25N3O2.